The first kappa shape index (κ1) is 11.6. The van der Waals surface area contributed by atoms with Gasteiger partial charge in [-0.2, -0.15) is 0 Å². The molecule has 0 amide bonds. The standard InChI is InChI=1S/C9H13NO.BrH/c10-7-6-9(11)8-4-2-1-3-5-8;/h1-5,9,11H,6-7,10H2;1H. The Bertz CT molecular complexity index is 203. The zero-order valence-corrected chi connectivity index (χ0v) is 8.52. The van der Waals surface area contributed by atoms with E-state index >= 15 is 0 Å². The zero-order valence-electron chi connectivity index (χ0n) is 6.81. The lowest BCUT2D eigenvalue weighted by atomic mass is 10.1. The van der Waals surface area contributed by atoms with E-state index in [4.69, 9.17) is 5.73 Å². The number of rotatable bonds is 3. The van der Waals surface area contributed by atoms with Gasteiger partial charge in [0.25, 0.3) is 0 Å². The molecule has 1 unspecified atom stereocenters. The molecule has 0 aromatic heterocycles. The van der Waals surface area contributed by atoms with E-state index in [9.17, 15) is 5.11 Å². The van der Waals surface area contributed by atoms with Crippen LogP contribution in [-0.4, -0.2) is 11.7 Å². The zero-order chi connectivity index (χ0) is 8.10. The molecule has 0 spiro atoms. The summed E-state index contributed by atoms with van der Waals surface area (Å²) in [4.78, 5) is 0. The van der Waals surface area contributed by atoms with Crippen molar-refractivity contribution in [3.8, 4) is 0 Å². The van der Waals surface area contributed by atoms with Gasteiger partial charge in [0.1, 0.15) is 0 Å². The summed E-state index contributed by atoms with van der Waals surface area (Å²) in [6, 6.07) is 9.56. The van der Waals surface area contributed by atoms with Gasteiger partial charge in [-0.05, 0) is 18.5 Å². The van der Waals surface area contributed by atoms with Crippen molar-refractivity contribution in [3.63, 3.8) is 0 Å². The van der Waals surface area contributed by atoms with Crippen LogP contribution < -0.4 is 5.73 Å². The molecule has 68 valence electrons. The van der Waals surface area contributed by atoms with Crippen molar-refractivity contribution in [2.24, 2.45) is 5.73 Å². The van der Waals surface area contributed by atoms with Crippen LogP contribution in [0.15, 0.2) is 30.3 Å². The van der Waals surface area contributed by atoms with Gasteiger partial charge < -0.3 is 10.8 Å². The third-order valence-corrected chi connectivity index (χ3v) is 1.62. The van der Waals surface area contributed by atoms with Gasteiger partial charge in [-0.25, -0.2) is 0 Å². The van der Waals surface area contributed by atoms with E-state index in [1.54, 1.807) is 0 Å². The van der Waals surface area contributed by atoms with Crippen molar-refractivity contribution in [2.45, 2.75) is 12.5 Å². The summed E-state index contributed by atoms with van der Waals surface area (Å²) in [5.74, 6) is 0. The number of aliphatic hydroxyl groups is 1. The second-order valence-corrected chi connectivity index (χ2v) is 2.50. The average Bonchev–Trinajstić information content (AvgIpc) is 2.07. The maximum atomic E-state index is 9.44. The van der Waals surface area contributed by atoms with Gasteiger partial charge in [0.15, 0.2) is 0 Å². The van der Waals surface area contributed by atoms with Crippen LogP contribution in [0, 0.1) is 0 Å². The van der Waals surface area contributed by atoms with E-state index in [-0.39, 0.29) is 17.0 Å². The Kier molecular flexibility index (Phi) is 5.98. The predicted molar refractivity (Wildman–Crippen MR) is 55.4 cm³/mol. The third kappa shape index (κ3) is 3.34. The molecule has 0 saturated carbocycles. The van der Waals surface area contributed by atoms with E-state index in [2.05, 4.69) is 0 Å². The molecule has 0 fully saturated rings. The summed E-state index contributed by atoms with van der Waals surface area (Å²) >= 11 is 0. The predicted octanol–water partition coefficient (Wildman–Crippen LogP) is 1.65. The molecule has 0 aliphatic rings. The van der Waals surface area contributed by atoms with E-state index in [0.29, 0.717) is 13.0 Å². The molecule has 2 nitrogen and oxygen atoms in total. The Morgan fingerprint density at radius 1 is 1.25 bits per heavy atom. The van der Waals surface area contributed by atoms with Crippen LogP contribution in [0.3, 0.4) is 0 Å². The first-order valence-corrected chi connectivity index (χ1v) is 3.77. The normalized spacial score (nSPS) is 11.8. The molecule has 12 heavy (non-hydrogen) atoms. The number of benzene rings is 1. The van der Waals surface area contributed by atoms with Crippen molar-refractivity contribution < 1.29 is 5.11 Å². The van der Waals surface area contributed by atoms with Crippen molar-refractivity contribution in [2.75, 3.05) is 6.54 Å². The maximum Gasteiger partial charge on any atom is 0.0802 e. The second-order valence-electron chi connectivity index (χ2n) is 2.50. The summed E-state index contributed by atoms with van der Waals surface area (Å²) in [6.45, 7) is 0.524. The fraction of sp³-hybridized carbons (Fsp3) is 0.333. The molecule has 3 heteroatoms. The van der Waals surface area contributed by atoms with Crippen LogP contribution in [0.5, 0.6) is 0 Å². The van der Waals surface area contributed by atoms with Crippen molar-refractivity contribution in [3.05, 3.63) is 35.9 Å². The van der Waals surface area contributed by atoms with Crippen molar-refractivity contribution in [1.29, 1.82) is 0 Å². The molecule has 1 atom stereocenters. The Balaban J connectivity index is 0.00000121. The van der Waals surface area contributed by atoms with E-state index in [1.807, 2.05) is 30.3 Å². The lowest BCUT2D eigenvalue weighted by Crippen LogP contribution is -2.06. The number of hydrogen-bond donors (Lipinski definition) is 2. The monoisotopic (exact) mass is 231 g/mol. The SMILES string of the molecule is Br.NCCC(O)c1ccccc1. The maximum absolute atomic E-state index is 9.44. The highest BCUT2D eigenvalue weighted by atomic mass is 79.9. The van der Waals surface area contributed by atoms with E-state index in [1.165, 1.54) is 0 Å². The van der Waals surface area contributed by atoms with Gasteiger partial charge in [-0.1, -0.05) is 30.3 Å². The molecule has 0 aliphatic heterocycles. The molecule has 1 aromatic carbocycles. The molecule has 1 rings (SSSR count). The smallest absolute Gasteiger partial charge is 0.0802 e. The Labute approximate surface area is 83.2 Å². The average molecular weight is 232 g/mol. The first-order chi connectivity index (χ1) is 5.34. The van der Waals surface area contributed by atoms with Gasteiger partial charge in [0.05, 0.1) is 6.10 Å². The quantitative estimate of drug-likeness (QED) is 0.832. The van der Waals surface area contributed by atoms with Gasteiger partial charge in [0, 0.05) is 0 Å². The Morgan fingerprint density at radius 3 is 2.33 bits per heavy atom. The fourth-order valence-corrected chi connectivity index (χ4v) is 1.000. The molecule has 0 aliphatic carbocycles. The number of hydrogen-bond acceptors (Lipinski definition) is 2. The number of halogens is 1. The topological polar surface area (TPSA) is 46.2 Å². The summed E-state index contributed by atoms with van der Waals surface area (Å²) in [5, 5.41) is 9.44. The highest BCUT2D eigenvalue weighted by Gasteiger charge is 2.03. The van der Waals surface area contributed by atoms with E-state index < -0.39 is 6.10 Å². The molecule has 0 saturated heterocycles. The summed E-state index contributed by atoms with van der Waals surface area (Å²) < 4.78 is 0. The lowest BCUT2D eigenvalue weighted by molar-refractivity contribution is 0.170. The van der Waals surface area contributed by atoms with Crippen LogP contribution >= 0.6 is 17.0 Å². The minimum absolute atomic E-state index is 0. The van der Waals surface area contributed by atoms with Gasteiger partial charge in [-0.3, -0.25) is 0 Å². The summed E-state index contributed by atoms with van der Waals surface area (Å²) in [5.41, 5.74) is 6.25. The van der Waals surface area contributed by atoms with Gasteiger partial charge >= 0.3 is 0 Å². The summed E-state index contributed by atoms with van der Waals surface area (Å²) in [6.07, 6.45) is 0.227. The fourth-order valence-electron chi connectivity index (χ4n) is 1.000. The minimum Gasteiger partial charge on any atom is -0.388 e. The van der Waals surface area contributed by atoms with Crippen LogP contribution in [0.2, 0.25) is 0 Å². The molecule has 0 heterocycles. The van der Waals surface area contributed by atoms with Crippen molar-refractivity contribution in [1.82, 2.24) is 0 Å². The number of nitrogens with two attached hydrogens (primary N) is 1. The van der Waals surface area contributed by atoms with Crippen LogP contribution in [-0.2, 0) is 0 Å². The Morgan fingerprint density at radius 2 is 1.83 bits per heavy atom. The molecular formula is C9H14BrNO. The highest BCUT2D eigenvalue weighted by Crippen LogP contribution is 2.14. The van der Waals surface area contributed by atoms with Gasteiger partial charge in [-0.15, -0.1) is 17.0 Å². The van der Waals surface area contributed by atoms with Crippen LogP contribution in [0.1, 0.15) is 18.1 Å². The lowest BCUT2D eigenvalue weighted by Gasteiger charge is -2.07. The third-order valence-electron chi connectivity index (χ3n) is 1.62. The summed E-state index contributed by atoms with van der Waals surface area (Å²) in [7, 11) is 0. The van der Waals surface area contributed by atoms with Crippen LogP contribution in [0.25, 0.3) is 0 Å². The molecule has 1 aromatic rings. The Hall–Kier alpha value is -0.380. The molecule has 0 bridgehead atoms. The molecular weight excluding hydrogens is 218 g/mol. The van der Waals surface area contributed by atoms with E-state index in [0.717, 1.165) is 5.56 Å². The first-order valence-electron chi connectivity index (χ1n) is 3.77. The minimum atomic E-state index is -0.402. The van der Waals surface area contributed by atoms with Gasteiger partial charge in [0.2, 0.25) is 0 Å². The largest absolute Gasteiger partial charge is 0.388 e. The highest BCUT2D eigenvalue weighted by molar-refractivity contribution is 8.93. The molecule has 0 radical (unpaired) electrons. The van der Waals surface area contributed by atoms with Crippen molar-refractivity contribution >= 4 is 17.0 Å². The molecule has 3 N–H and O–H groups in total. The second kappa shape index (κ2) is 6.17. The van der Waals surface area contributed by atoms with Crippen LogP contribution in [0.4, 0.5) is 0 Å². The number of aliphatic hydroxyl groups excluding tert-OH is 1.